The molecule has 0 N–H and O–H groups in total. The molecule has 0 saturated heterocycles. The molecule has 1 aromatic rings. The number of ether oxygens (including phenoxy) is 2. The van der Waals surface area contributed by atoms with Crippen LogP contribution in [0.3, 0.4) is 0 Å². The maximum Gasteiger partial charge on any atom is 0.331 e. The maximum absolute atomic E-state index is 11.7. The Morgan fingerprint density at radius 2 is 1.76 bits per heavy atom. The fraction of sp³-hybridized carbons (Fsp3) is 0.412. The van der Waals surface area contributed by atoms with Gasteiger partial charge in [-0.3, -0.25) is 4.79 Å². The van der Waals surface area contributed by atoms with Crippen molar-refractivity contribution in [2.45, 2.75) is 45.1 Å². The Balaban J connectivity index is 1.84. The van der Waals surface area contributed by atoms with Gasteiger partial charge in [-0.2, -0.15) is 0 Å². The second kappa shape index (κ2) is 7.62. The summed E-state index contributed by atoms with van der Waals surface area (Å²) in [7, 11) is 0. The minimum atomic E-state index is -0.352. The number of esters is 2. The van der Waals surface area contributed by atoms with E-state index in [1.165, 1.54) is 19.4 Å². The van der Waals surface area contributed by atoms with E-state index in [9.17, 15) is 9.59 Å². The summed E-state index contributed by atoms with van der Waals surface area (Å²) in [5, 5.41) is 0. The summed E-state index contributed by atoms with van der Waals surface area (Å²) in [6.45, 7) is 1.36. The predicted octanol–water partition coefficient (Wildman–Crippen LogP) is 3.50. The van der Waals surface area contributed by atoms with Crippen molar-refractivity contribution < 1.29 is 19.1 Å². The Morgan fingerprint density at radius 3 is 2.38 bits per heavy atom. The smallest absolute Gasteiger partial charge is 0.331 e. The van der Waals surface area contributed by atoms with E-state index in [0.717, 1.165) is 31.2 Å². The second-order valence-corrected chi connectivity index (χ2v) is 5.19. The molecule has 0 bridgehead atoms. The molecule has 1 aliphatic rings. The van der Waals surface area contributed by atoms with E-state index in [2.05, 4.69) is 0 Å². The maximum atomic E-state index is 11.7. The average Bonchev–Trinajstić information content (AvgIpc) is 2.47. The van der Waals surface area contributed by atoms with Gasteiger partial charge in [0.15, 0.2) is 0 Å². The highest BCUT2D eigenvalue weighted by molar-refractivity contribution is 5.87. The van der Waals surface area contributed by atoms with Gasteiger partial charge in [0.05, 0.1) is 0 Å². The lowest BCUT2D eigenvalue weighted by Crippen LogP contribution is -2.19. The molecule has 0 radical (unpaired) electrons. The van der Waals surface area contributed by atoms with Gasteiger partial charge in [-0.1, -0.05) is 18.6 Å². The minimum Gasteiger partial charge on any atom is -0.459 e. The van der Waals surface area contributed by atoms with Crippen LogP contribution in [0.4, 0.5) is 0 Å². The summed E-state index contributed by atoms with van der Waals surface area (Å²) in [6.07, 6.45) is 8.66. The summed E-state index contributed by atoms with van der Waals surface area (Å²) in [5.74, 6) is -0.162. The molecule has 112 valence electrons. The first-order valence-corrected chi connectivity index (χ1v) is 7.30. The van der Waals surface area contributed by atoms with Gasteiger partial charge in [-0.05, 0) is 49.5 Å². The summed E-state index contributed by atoms with van der Waals surface area (Å²) >= 11 is 0. The van der Waals surface area contributed by atoms with E-state index in [4.69, 9.17) is 9.47 Å². The lowest BCUT2D eigenvalue weighted by Gasteiger charge is -2.20. The molecule has 0 spiro atoms. The normalized spacial score (nSPS) is 15.9. The molecular formula is C17H20O4. The molecule has 1 saturated carbocycles. The van der Waals surface area contributed by atoms with Crippen LogP contribution in [0.15, 0.2) is 30.3 Å². The average molecular weight is 288 g/mol. The molecule has 0 atom stereocenters. The van der Waals surface area contributed by atoms with Crippen molar-refractivity contribution in [3.63, 3.8) is 0 Å². The van der Waals surface area contributed by atoms with Crippen molar-refractivity contribution in [1.82, 2.24) is 0 Å². The molecule has 0 heterocycles. The third kappa shape index (κ3) is 5.42. The largest absolute Gasteiger partial charge is 0.459 e. The molecule has 1 fully saturated rings. The van der Waals surface area contributed by atoms with Crippen molar-refractivity contribution >= 4 is 18.0 Å². The third-order valence-electron chi connectivity index (χ3n) is 3.39. The monoisotopic (exact) mass is 288 g/mol. The first kappa shape index (κ1) is 15.3. The molecule has 1 aliphatic carbocycles. The third-order valence-corrected chi connectivity index (χ3v) is 3.39. The van der Waals surface area contributed by atoms with Crippen molar-refractivity contribution in [2.24, 2.45) is 0 Å². The molecule has 4 heteroatoms. The molecule has 0 aliphatic heterocycles. The Morgan fingerprint density at radius 1 is 1.10 bits per heavy atom. The van der Waals surface area contributed by atoms with Gasteiger partial charge in [-0.15, -0.1) is 0 Å². The standard InChI is InChI=1S/C17H20O4/c1-13(18)20-16-10-7-14(8-11-16)9-12-17(19)21-15-5-3-2-4-6-15/h7-12,15H,2-6H2,1H3. The van der Waals surface area contributed by atoms with Crippen LogP contribution in [0.1, 0.15) is 44.6 Å². The predicted molar refractivity (Wildman–Crippen MR) is 79.8 cm³/mol. The summed E-state index contributed by atoms with van der Waals surface area (Å²) < 4.78 is 10.3. The molecule has 0 amide bonds. The lowest BCUT2D eigenvalue weighted by atomic mass is 9.98. The van der Waals surface area contributed by atoms with E-state index < -0.39 is 0 Å². The van der Waals surface area contributed by atoms with E-state index in [-0.39, 0.29) is 18.0 Å². The van der Waals surface area contributed by atoms with Crippen molar-refractivity contribution in [2.75, 3.05) is 0 Å². The van der Waals surface area contributed by atoms with Gasteiger partial charge >= 0.3 is 11.9 Å². The highest BCUT2D eigenvalue weighted by atomic mass is 16.5. The van der Waals surface area contributed by atoms with Crippen molar-refractivity contribution in [1.29, 1.82) is 0 Å². The molecule has 0 aromatic heterocycles. The number of benzene rings is 1. The Hall–Kier alpha value is -2.10. The Labute approximate surface area is 124 Å². The molecule has 4 nitrogen and oxygen atoms in total. The van der Waals surface area contributed by atoms with Gasteiger partial charge in [0.2, 0.25) is 0 Å². The summed E-state index contributed by atoms with van der Waals surface area (Å²) in [6, 6.07) is 6.94. The fourth-order valence-electron chi connectivity index (χ4n) is 2.36. The number of rotatable bonds is 4. The molecule has 1 aromatic carbocycles. The SMILES string of the molecule is CC(=O)Oc1ccc(C=CC(=O)OC2CCCCC2)cc1. The number of carbonyl (C=O) groups is 2. The van der Waals surface area contributed by atoms with Crippen LogP contribution >= 0.6 is 0 Å². The molecular weight excluding hydrogens is 268 g/mol. The van der Waals surface area contributed by atoms with Crippen LogP contribution < -0.4 is 4.74 Å². The van der Waals surface area contributed by atoms with Gasteiger partial charge in [0.1, 0.15) is 11.9 Å². The van der Waals surface area contributed by atoms with E-state index in [1.807, 2.05) is 0 Å². The second-order valence-electron chi connectivity index (χ2n) is 5.19. The highest BCUT2D eigenvalue weighted by Gasteiger charge is 2.16. The number of hydrogen-bond donors (Lipinski definition) is 0. The van der Waals surface area contributed by atoms with Crippen LogP contribution in [-0.4, -0.2) is 18.0 Å². The van der Waals surface area contributed by atoms with Crippen molar-refractivity contribution in [3.8, 4) is 5.75 Å². The zero-order valence-corrected chi connectivity index (χ0v) is 12.2. The number of hydrogen-bond acceptors (Lipinski definition) is 4. The van der Waals surface area contributed by atoms with Crippen LogP contribution in [0, 0.1) is 0 Å². The topological polar surface area (TPSA) is 52.6 Å². The number of carbonyl (C=O) groups excluding carboxylic acids is 2. The van der Waals surface area contributed by atoms with E-state index >= 15 is 0 Å². The van der Waals surface area contributed by atoms with Crippen LogP contribution in [0.25, 0.3) is 6.08 Å². The van der Waals surface area contributed by atoms with E-state index in [0.29, 0.717) is 5.75 Å². The zero-order chi connectivity index (χ0) is 15.1. The molecule has 21 heavy (non-hydrogen) atoms. The van der Waals surface area contributed by atoms with Crippen LogP contribution in [0.2, 0.25) is 0 Å². The lowest BCUT2D eigenvalue weighted by molar-refractivity contribution is -0.144. The van der Waals surface area contributed by atoms with Gasteiger partial charge in [-0.25, -0.2) is 4.79 Å². The van der Waals surface area contributed by atoms with Gasteiger partial charge in [0.25, 0.3) is 0 Å². The van der Waals surface area contributed by atoms with Crippen LogP contribution in [0.5, 0.6) is 5.75 Å². The van der Waals surface area contributed by atoms with Crippen molar-refractivity contribution in [3.05, 3.63) is 35.9 Å². The molecule has 0 unspecified atom stereocenters. The van der Waals surface area contributed by atoms with Crippen LogP contribution in [-0.2, 0) is 14.3 Å². The first-order chi connectivity index (χ1) is 10.1. The summed E-state index contributed by atoms with van der Waals surface area (Å²) in [5.41, 5.74) is 0.853. The fourth-order valence-corrected chi connectivity index (χ4v) is 2.36. The minimum absolute atomic E-state index is 0.0715. The van der Waals surface area contributed by atoms with E-state index in [1.54, 1.807) is 30.3 Å². The quantitative estimate of drug-likeness (QED) is 0.483. The Kier molecular flexibility index (Phi) is 5.55. The summed E-state index contributed by atoms with van der Waals surface area (Å²) in [4.78, 5) is 22.5. The zero-order valence-electron chi connectivity index (χ0n) is 12.2. The van der Waals surface area contributed by atoms with Gasteiger partial charge in [0, 0.05) is 13.0 Å². The highest BCUT2D eigenvalue weighted by Crippen LogP contribution is 2.20. The Bertz CT molecular complexity index is 510. The van der Waals surface area contributed by atoms with Gasteiger partial charge < -0.3 is 9.47 Å². The molecule has 2 rings (SSSR count). The first-order valence-electron chi connectivity index (χ1n) is 7.30.